The summed E-state index contributed by atoms with van der Waals surface area (Å²) >= 11 is 0. The Balaban J connectivity index is 2.12. The van der Waals surface area contributed by atoms with Gasteiger partial charge < -0.3 is 5.32 Å². The van der Waals surface area contributed by atoms with E-state index < -0.39 is 0 Å². The Bertz CT molecular complexity index is 889. The van der Waals surface area contributed by atoms with Crippen LogP contribution in [0.5, 0.6) is 0 Å². The molecule has 0 aliphatic heterocycles. The minimum atomic E-state index is 0.476. The summed E-state index contributed by atoms with van der Waals surface area (Å²) in [5.41, 5.74) is 7.71. The monoisotopic (exact) mass is 416 g/mol. The molecular weight excluding hydrogens is 376 g/mol. The summed E-state index contributed by atoms with van der Waals surface area (Å²) in [5, 5.41) is 3.26. The molecule has 0 aliphatic carbocycles. The van der Waals surface area contributed by atoms with Crippen molar-refractivity contribution in [1.82, 2.24) is 10.3 Å². The van der Waals surface area contributed by atoms with Crippen molar-refractivity contribution in [3.05, 3.63) is 84.2 Å². The van der Waals surface area contributed by atoms with Crippen molar-refractivity contribution in [1.29, 1.82) is 0 Å². The van der Waals surface area contributed by atoms with E-state index in [1.165, 1.54) is 46.2 Å². The number of hydrogen-bond acceptors (Lipinski definition) is 2. The predicted octanol–water partition coefficient (Wildman–Crippen LogP) is 7.72. The van der Waals surface area contributed by atoms with E-state index in [2.05, 4.69) is 93.1 Å². The van der Waals surface area contributed by atoms with Crippen LogP contribution in [0.4, 0.5) is 0 Å². The zero-order chi connectivity index (χ0) is 22.6. The number of nitrogens with one attached hydrogen (secondary N) is 1. The molecule has 0 radical (unpaired) electrons. The van der Waals surface area contributed by atoms with Gasteiger partial charge in [-0.25, -0.2) is 0 Å². The number of aromatic nitrogens is 1. The molecule has 0 bridgehead atoms. The number of hydrogen-bond donors (Lipinski definition) is 1. The first-order chi connectivity index (χ1) is 15.0. The first-order valence-corrected chi connectivity index (χ1v) is 11.6. The maximum Gasteiger partial charge on any atom is 0.0349 e. The lowest BCUT2D eigenvalue weighted by molar-refractivity contribution is 0.451. The third-order valence-electron chi connectivity index (χ3n) is 5.98. The fourth-order valence-electron chi connectivity index (χ4n) is 4.14. The van der Waals surface area contributed by atoms with Crippen molar-refractivity contribution < 1.29 is 0 Å². The van der Waals surface area contributed by atoms with Gasteiger partial charge in [-0.1, -0.05) is 56.4 Å². The Morgan fingerprint density at radius 3 is 2.61 bits per heavy atom. The fourth-order valence-corrected chi connectivity index (χ4v) is 4.14. The van der Waals surface area contributed by atoms with Crippen LogP contribution in [-0.2, 0) is 0 Å². The zero-order valence-corrected chi connectivity index (χ0v) is 20.1. The number of benzene rings is 1. The largest absolute Gasteiger partial charge is 0.320 e. The van der Waals surface area contributed by atoms with Crippen LogP contribution < -0.4 is 5.32 Å². The molecule has 2 rings (SSSR count). The molecule has 2 aromatic rings. The van der Waals surface area contributed by atoms with E-state index in [4.69, 9.17) is 0 Å². The maximum atomic E-state index is 4.38. The van der Waals surface area contributed by atoms with Gasteiger partial charge in [0.25, 0.3) is 0 Å². The van der Waals surface area contributed by atoms with Gasteiger partial charge in [0.15, 0.2) is 0 Å². The highest BCUT2D eigenvalue weighted by molar-refractivity contribution is 5.78. The highest BCUT2D eigenvalue weighted by Gasteiger charge is 2.11. The van der Waals surface area contributed by atoms with Crippen molar-refractivity contribution >= 4 is 5.57 Å². The fraction of sp³-hybridized carbons (Fsp3) is 0.414. The van der Waals surface area contributed by atoms with Gasteiger partial charge in [-0.15, -0.1) is 6.58 Å². The van der Waals surface area contributed by atoms with Gasteiger partial charge in [0.2, 0.25) is 0 Å². The third-order valence-corrected chi connectivity index (χ3v) is 5.98. The van der Waals surface area contributed by atoms with E-state index in [1.54, 1.807) is 0 Å². The molecule has 0 fully saturated rings. The first kappa shape index (κ1) is 24.8. The van der Waals surface area contributed by atoms with Gasteiger partial charge in [-0.05, 0) is 98.9 Å². The third kappa shape index (κ3) is 7.33. The van der Waals surface area contributed by atoms with Crippen molar-refractivity contribution in [2.45, 2.75) is 59.3 Å². The summed E-state index contributed by atoms with van der Waals surface area (Å²) in [6.07, 6.45) is 17.4. The van der Waals surface area contributed by atoms with Gasteiger partial charge in [0, 0.05) is 18.0 Å². The molecule has 166 valence electrons. The Morgan fingerprint density at radius 1 is 1.16 bits per heavy atom. The molecule has 2 heteroatoms. The Morgan fingerprint density at radius 2 is 1.97 bits per heavy atom. The second-order valence-corrected chi connectivity index (χ2v) is 8.65. The van der Waals surface area contributed by atoms with Crippen LogP contribution in [0.3, 0.4) is 0 Å². The SMILES string of the molecule is C=CCC(CC/C=C\C(=C/C)c1ccc(-c2cnccc2C(C)C)c(C)c1)CCNC. The minimum absolute atomic E-state index is 0.476. The van der Waals surface area contributed by atoms with Crippen LogP contribution in [0.2, 0.25) is 0 Å². The van der Waals surface area contributed by atoms with Gasteiger partial charge in [0.05, 0.1) is 0 Å². The van der Waals surface area contributed by atoms with Gasteiger partial charge in [0.1, 0.15) is 0 Å². The van der Waals surface area contributed by atoms with E-state index in [-0.39, 0.29) is 0 Å². The quantitative estimate of drug-likeness (QED) is 0.283. The minimum Gasteiger partial charge on any atom is -0.320 e. The van der Waals surface area contributed by atoms with Crippen LogP contribution in [0, 0.1) is 12.8 Å². The number of nitrogens with zero attached hydrogens (tertiary/aromatic N) is 1. The average molecular weight is 417 g/mol. The van der Waals surface area contributed by atoms with Crippen molar-refractivity contribution in [3.8, 4) is 11.1 Å². The van der Waals surface area contributed by atoms with Crippen molar-refractivity contribution in [2.24, 2.45) is 5.92 Å². The first-order valence-electron chi connectivity index (χ1n) is 11.6. The maximum absolute atomic E-state index is 4.38. The second-order valence-electron chi connectivity index (χ2n) is 8.65. The second kappa shape index (κ2) is 13.1. The lowest BCUT2D eigenvalue weighted by Gasteiger charge is -2.15. The van der Waals surface area contributed by atoms with E-state index in [9.17, 15) is 0 Å². The number of rotatable bonds is 12. The van der Waals surface area contributed by atoms with Crippen molar-refractivity contribution in [2.75, 3.05) is 13.6 Å². The Labute approximate surface area is 190 Å². The van der Waals surface area contributed by atoms with Crippen LogP contribution >= 0.6 is 0 Å². The molecule has 1 aromatic heterocycles. The normalized spacial score (nSPS) is 13.2. The topological polar surface area (TPSA) is 24.9 Å². The summed E-state index contributed by atoms with van der Waals surface area (Å²) in [6, 6.07) is 8.94. The summed E-state index contributed by atoms with van der Waals surface area (Å²) in [6.45, 7) is 13.8. The number of allylic oxidation sites excluding steroid dienone is 5. The molecule has 1 unspecified atom stereocenters. The molecule has 0 saturated carbocycles. The number of pyridine rings is 1. The molecule has 31 heavy (non-hydrogen) atoms. The Kier molecular flexibility index (Phi) is 10.5. The van der Waals surface area contributed by atoms with Gasteiger partial charge in [-0.2, -0.15) is 0 Å². The molecule has 0 spiro atoms. The molecular formula is C29H40N2. The summed E-state index contributed by atoms with van der Waals surface area (Å²) in [7, 11) is 2.02. The van der Waals surface area contributed by atoms with E-state index in [1.807, 2.05) is 19.4 Å². The summed E-state index contributed by atoms with van der Waals surface area (Å²) < 4.78 is 0. The highest BCUT2D eigenvalue weighted by Crippen LogP contribution is 2.32. The summed E-state index contributed by atoms with van der Waals surface area (Å²) in [5.74, 6) is 1.18. The predicted molar refractivity (Wildman–Crippen MR) is 137 cm³/mol. The lowest BCUT2D eigenvalue weighted by Crippen LogP contribution is -2.12. The van der Waals surface area contributed by atoms with E-state index >= 15 is 0 Å². The van der Waals surface area contributed by atoms with Gasteiger partial charge in [-0.3, -0.25) is 4.98 Å². The van der Waals surface area contributed by atoms with Crippen LogP contribution in [0.25, 0.3) is 16.7 Å². The van der Waals surface area contributed by atoms with Crippen molar-refractivity contribution in [3.63, 3.8) is 0 Å². The lowest BCUT2D eigenvalue weighted by atomic mass is 9.90. The van der Waals surface area contributed by atoms with E-state index in [0.29, 0.717) is 11.8 Å². The van der Waals surface area contributed by atoms with Crippen LogP contribution in [0.1, 0.15) is 69.1 Å². The molecule has 1 heterocycles. The molecule has 2 nitrogen and oxygen atoms in total. The number of aryl methyl sites for hydroxylation is 1. The molecule has 0 amide bonds. The molecule has 0 saturated heterocycles. The zero-order valence-electron chi connectivity index (χ0n) is 20.1. The van der Waals surface area contributed by atoms with E-state index in [0.717, 1.165) is 19.4 Å². The van der Waals surface area contributed by atoms with Crippen LogP contribution in [0.15, 0.2) is 67.5 Å². The molecule has 1 N–H and O–H groups in total. The summed E-state index contributed by atoms with van der Waals surface area (Å²) in [4.78, 5) is 4.38. The Hall–Kier alpha value is -2.45. The standard InChI is InChI=1S/C29H40N2/c1-7-11-24(16-18-30-6)12-9-10-13-25(8-2)26-14-15-28(23(5)20-26)29-21-31-19-17-27(29)22(3)4/h7-8,10,13-15,17,19-22,24,30H,1,9,11-12,16,18H2,2-6H3/b13-10-,25-8+. The highest BCUT2D eigenvalue weighted by atomic mass is 14.8. The van der Waals surface area contributed by atoms with Gasteiger partial charge >= 0.3 is 0 Å². The van der Waals surface area contributed by atoms with Crippen LogP contribution in [-0.4, -0.2) is 18.6 Å². The smallest absolute Gasteiger partial charge is 0.0349 e. The molecule has 1 aromatic carbocycles. The molecule has 0 aliphatic rings. The molecule has 1 atom stereocenters. The average Bonchev–Trinajstić information content (AvgIpc) is 2.77.